The molecular weight excluding hydrogens is 430 g/mol. The molecule has 10 heteroatoms. The van der Waals surface area contributed by atoms with Crippen molar-refractivity contribution in [2.75, 3.05) is 13.7 Å². The SMILES string of the molecule is COc1cc(C(C)=NNC(=O)Cn2nc(C)c(Br)c2C)ccc1OCC(N)=O. The summed E-state index contributed by atoms with van der Waals surface area (Å²) < 4.78 is 13.0. The number of methoxy groups -OCH3 is 1. The third kappa shape index (κ3) is 5.32. The van der Waals surface area contributed by atoms with Crippen molar-refractivity contribution >= 4 is 33.5 Å². The highest BCUT2D eigenvalue weighted by molar-refractivity contribution is 9.10. The topological polar surface area (TPSA) is 121 Å². The van der Waals surface area contributed by atoms with Crippen LogP contribution in [0, 0.1) is 13.8 Å². The Hall–Kier alpha value is -2.88. The Balaban J connectivity index is 2.06. The third-order valence-electron chi connectivity index (χ3n) is 3.89. The highest BCUT2D eigenvalue weighted by Crippen LogP contribution is 2.28. The van der Waals surface area contributed by atoms with Crippen molar-refractivity contribution in [2.45, 2.75) is 27.3 Å². The number of primary amides is 1. The number of hydrazone groups is 1. The summed E-state index contributed by atoms with van der Waals surface area (Å²) in [7, 11) is 1.48. The summed E-state index contributed by atoms with van der Waals surface area (Å²) in [5.74, 6) is -0.0730. The van der Waals surface area contributed by atoms with E-state index < -0.39 is 5.91 Å². The van der Waals surface area contributed by atoms with E-state index in [1.807, 2.05) is 13.8 Å². The van der Waals surface area contributed by atoms with Gasteiger partial charge in [0.15, 0.2) is 18.1 Å². The summed E-state index contributed by atoms with van der Waals surface area (Å²) in [5.41, 5.74) is 10.6. The Bertz CT molecular complexity index is 923. The largest absolute Gasteiger partial charge is 0.493 e. The normalized spacial score (nSPS) is 11.2. The number of halogens is 1. The highest BCUT2D eigenvalue weighted by Gasteiger charge is 2.12. The molecule has 2 amide bonds. The van der Waals surface area contributed by atoms with E-state index in [1.165, 1.54) is 7.11 Å². The van der Waals surface area contributed by atoms with E-state index in [0.29, 0.717) is 17.2 Å². The van der Waals surface area contributed by atoms with Gasteiger partial charge in [0.25, 0.3) is 11.8 Å². The quantitative estimate of drug-likeness (QED) is 0.466. The van der Waals surface area contributed by atoms with Gasteiger partial charge in [-0.25, -0.2) is 5.43 Å². The number of aromatic nitrogens is 2. The van der Waals surface area contributed by atoms with Crippen LogP contribution >= 0.6 is 15.9 Å². The molecule has 0 atom stereocenters. The van der Waals surface area contributed by atoms with Gasteiger partial charge in [0.05, 0.1) is 28.7 Å². The second-order valence-corrected chi connectivity index (χ2v) is 6.79. The van der Waals surface area contributed by atoms with Gasteiger partial charge in [0, 0.05) is 5.56 Å². The Labute approximate surface area is 171 Å². The molecule has 0 unspecified atom stereocenters. The first kappa shape index (κ1) is 21.4. The van der Waals surface area contributed by atoms with Crippen LogP contribution < -0.4 is 20.6 Å². The van der Waals surface area contributed by atoms with Gasteiger partial charge in [-0.3, -0.25) is 14.3 Å². The zero-order chi connectivity index (χ0) is 20.8. The first-order chi connectivity index (χ1) is 13.2. The Morgan fingerprint density at radius 3 is 2.61 bits per heavy atom. The Morgan fingerprint density at radius 1 is 1.32 bits per heavy atom. The molecule has 0 aliphatic carbocycles. The lowest BCUT2D eigenvalue weighted by Crippen LogP contribution is -2.25. The number of ether oxygens (including phenoxy) is 2. The van der Waals surface area contributed by atoms with Gasteiger partial charge in [-0.2, -0.15) is 10.2 Å². The molecule has 0 aliphatic rings. The van der Waals surface area contributed by atoms with Gasteiger partial charge in [0.2, 0.25) is 0 Å². The van der Waals surface area contributed by atoms with Crippen LogP contribution in [-0.4, -0.2) is 41.0 Å². The van der Waals surface area contributed by atoms with Crippen molar-refractivity contribution in [3.05, 3.63) is 39.6 Å². The van der Waals surface area contributed by atoms with E-state index in [4.69, 9.17) is 15.2 Å². The number of amides is 2. The van der Waals surface area contributed by atoms with Crippen LogP contribution in [0.2, 0.25) is 0 Å². The van der Waals surface area contributed by atoms with E-state index in [1.54, 1.807) is 29.8 Å². The predicted octanol–water partition coefficient (Wildman–Crippen LogP) is 1.68. The molecule has 2 aromatic rings. The molecule has 1 heterocycles. The van der Waals surface area contributed by atoms with Crippen LogP contribution in [-0.2, 0) is 16.1 Å². The third-order valence-corrected chi connectivity index (χ3v) is 5.03. The van der Waals surface area contributed by atoms with E-state index in [9.17, 15) is 9.59 Å². The van der Waals surface area contributed by atoms with Crippen molar-refractivity contribution in [1.29, 1.82) is 0 Å². The summed E-state index contributed by atoms with van der Waals surface area (Å²) in [6.07, 6.45) is 0. The maximum absolute atomic E-state index is 12.2. The van der Waals surface area contributed by atoms with Crippen LogP contribution in [0.25, 0.3) is 0 Å². The molecule has 1 aromatic carbocycles. The summed E-state index contributed by atoms with van der Waals surface area (Å²) in [5, 5.41) is 8.42. The molecule has 0 saturated heterocycles. The first-order valence-corrected chi connectivity index (χ1v) is 9.14. The van der Waals surface area contributed by atoms with Crippen molar-refractivity contribution in [2.24, 2.45) is 10.8 Å². The van der Waals surface area contributed by atoms with Crippen LogP contribution in [0.1, 0.15) is 23.9 Å². The lowest BCUT2D eigenvalue weighted by molar-refractivity contribution is -0.122. The number of benzene rings is 1. The summed E-state index contributed by atoms with van der Waals surface area (Å²) in [4.78, 5) is 23.0. The predicted molar refractivity (Wildman–Crippen MR) is 107 cm³/mol. The fourth-order valence-electron chi connectivity index (χ4n) is 2.37. The van der Waals surface area contributed by atoms with E-state index in [0.717, 1.165) is 21.4 Å². The lowest BCUT2D eigenvalue weighted by atomic mass is 10.1. The molecule has 9 nitrogen and oxygen atoms in total. The molecule has 0 bridgehead atoms. The number of nitrogens with two attached hydrogens (primary N) is 1. The van der Waals surface area contributed by atoms with Crippen LogP contribution in [0.3, 0.4) is 0 Å². The van der Waals surface area contributed by atoms with E-state index >= 15 is 0 Å². The van der Waals surface area contributed by atoms with Gasteiger partial charge in [0.1, 0.15) is 6.54 Å². The number of carbonyl (C=O) groups excluding carboxylic acids is 2. The maximum atomic E-state index is 12.2. The monoisotopic (exact) mass is 451 g/mol. The molecule has 2 rings (SSSR count). The minimum Gasteiger partial charge on any atom is -0.493 e. The summed E-state index contributed by atoms with van der Waals surface area (Å²) >= 11 is 3.43. The summed E-state index contributed by atoms with van der Waals surface area (Å²) in [6.45, 7) is 5.29. The van der Waals surface area contributed by atoms with Crippen molar-refractivity contribution in [3.8, 4) is 11.5 Å². The average Bonchev–Trinajstić information content (AvgIpc) is 2.90. The molecule has 0 saturated carbocycles. The van der Waals surface area contributed by atoms with Crippen LogP contribution in [0.5, 0.6) is 11.5 Å². The van der Waals surface area contributed by atoms with Crippen LogP contribution in [0.15, 0.2) is 27.8 Å². The molecule has 28 heavy (non-hydrogen) atoms. The van der Waals surface area contributed by atoms with E-state index in [-0.39, 0.29) is 19.1 Å². The lowest BCUT2D eigenvalue weighted by Gasteiger charge is -2.11. The zero-order valence-electron chi connectivity index (χ0n) is 16.1. The number of rotatable bonds is 8. The van der Waals surface area contributed by atoms with Gasteiger partial charge < -0.3 is 15.2 Å². The highest BCUT2D eigenvalue weighted by atomic mass is 79.9. The number of hydrogen-bond acceptors (Lipinski definition) is 6. The number of nitrogens with zero attached hydrogens (tertiary/aromatic N) is 3. The average molecular weight is 452 g/mol. The second-order valence-electron chi connectivity index (χ2n) is 6.00. The fourth-order valence-corrected chi connectivity index (χ4v) is 2.66. The number of nitrogens with one attached hydrogen (secondary N) is 1. The number of carbonyl (C=O) groups is 2. The fraction of sp³-hybridized carbons (Fsp3) is 0.333. The minimum atomic E-state index is -0.582. The molecule has 0 fully saturated rings. The van der Waals surface area contributed by atoms with Crippen LogP contribution in [0.4, 0.5) is 0 Å². The van der Waals surface area contributed by atoms with Crippen molar-refractivity contribution in [1.82, 2.24) is 15.2 Å². The second kappa shape index (κ2) is 9.36. The smallest absolute Gasteiger partial charge is 0.261 e. The molecular formula is C18H22BrN5O4. The Morgan fingerprint density at radius 2 is 2.04 bits per heavy atom. The summed E-state index contributed by atoms with van der Waals surface area (Å²) in [6, 6.07) is 5.08. The Kier molecular flexibility index (Phi) is 7.16. The first-order valence-electron chi connectivity index (χ1n) is 8.35. The molecule has 0 spiro atoms. The minimum absolute atomic E-state index is 0.0538. The van der Waals surface area contributed by atoms with Crippen molar-refractivity contribution < 1.29 is 19.1 Å². The van der Waals surface area contributed by atoms with Gasteiger partial charge >= 0.3 is 0 Å². The van der Waals surface area contributed by atoms with Gasteiger partial charge in [-0.1, -0.05) is 0 Å². The molecule has 1 aromatic heterocycles. The van der Waals surface area contributed by atoms with E-state index in [2.05, 4.69) is 31.6 Å². The maximum Gasteiger partial charge on any atom is 0.261 e. The van der Waals surface area contributed by atoms with Gasteiger partial charge in [-0.05, 0) is 54.9 Å². The molecule has 0 aliphatic heterocycles. The molecule has 150 valence electrons. The standard InChI is InChI=1S/C18H22BrN5O4/c1-10(13-5-6-14(15(7-13)27-4)28-9-16(20)25)21-22-17(26)8-24-12(3)18(19)11(2)23-24/h5-7H,8-9H2,1-4H3,(H2,20,25)(H,22,26). The van der Waals surface area contributed by atoms with Gasteiger partial charge in [-0.15, -0.1) is 0 Å². The molecule has 3 N–H and O–H groups in total. The zero-order valence-corrected chi connectivity index (χ0v) is 17.7. The molecule has 0 radical (unpaired) electrons. The van der Waals surface area contributed by atoms with Crippen molar-refractivity contribution in [3.63, 3.8) is 0 Å². The number of hydrogen-bond donors (Lipinski definition) is 2. The number of aryl methyl sites for hydroxylation is 1.